The summed E-state index contributed by atoms with van der Waals surface area (Å²) >= 11 is 19.2. The molecule has 5 rings (SSSR count). The van der Waals surface area contributed by atoms with E-state index in [1.54, 1.807) is 60.7 Å². The van der Waals surface area contributed by atoms with Crippen LogP contribution >= 0.6 is 55.1 Å². The van der Waals surface area contributed by atoms with Gasteiger partial charge in [-0.1, -0.05) is 91.5 Å². The molecule has 0 spiro atoms. The van der Waals surface area contributed by atoms with E-state index in [4.69, 9.17) is 23.2 Å². The van der Waals surface area contributed by atoms with Crippen molar-refractivity contribution < 1.29 is 19.2 Å². The first kappa shape index (κ1) is 28.1. The Morgan fingerprint density at radius 2 is 0.975 bits per heavy atom. The number of amides is 4. The molecule has 40 heavy (non-hydrogen) atoms. The lowest BCUT2D eigenvalue weighted by Gasteiger charge is -2.18. The van der Waals surface area contributed by atoms with Crippen LogP contribution in [0.3, 0.4) is 0 Å². The van der Waals surface area contributed by atoms with Gasteiger partial charge in [0.25, 0.3) is 23.6 Å². The van der Waals surface area contributed by atoms with Crippen molar-refractivity contribution in [3.63, 3.8) is 0 Å². The van der Waals surface area contributed by atoms with Crippen molar-refractivity contribution in [3.05, 3.63) is 114 Å². The van der Waals surface area contributed by atoms with Gasteiger partial charge in [0.05, 0.1) is 13.1 Å². The van der Waals surface area contributed by atoms with Gasteiger partial charge < -0.3 is 10.6 Å². The number of benzene rings is 3. The predicted molar refractivity (Wildman–Crippen MR) is 159 cm³/mol. The fourth-order valence-electron chi connectivity index (χ4n) is 4.21. The lowest BCUT2D eigenvalue weighted by molar-refractivity contribution is -0.139. The van der Waals surface area contributed by atoms with Gasteiger partial charge in [-0.25, -0.2) is 0 Å². The van der Waals surface area contributed by atoms with Crippen LogP contribution in [0.5, 0.6) is 0 Å². The fraction of sp³-hybridized carbons (Fsp3) is 0.0714. The second kappa shape index (κ2) is 11.6. The zero-order chi connectivity index (χ0) is 28.6. The van der Waals surface area contributed by atoms with Gasteiger partial charge in [-0.3, -0.25) is 29.0 Å². The van der Waals surface area contributed by atoms with Crippen LogP contribution in [0.2, 0.25) is 0 Å². The van der Waals surface area contributed by atoms with E-state index >= 15 is 0 Å². The summed E-state index contributed by atoms with van der Waals surface area (Å²) in [7, 11) is 0. The van der Waals surface area contributed by atoms with Crippen LogP contribution in [0.25, 0.3) is 0 Å². The van der Waals surface area contributed by atoms with E-state index in [1.165, 1.54) is 0 Å². The van der Waals surface area contributed by atoms with Gasteiger partial charge in [-0.05, 0) is 47.5 Å². The van der Waals surface area contributed by atoms with Crippen LogP contribution in [-0.2, 0) is 32.3 Å². The molecule has 0 aliphatic carbocycles. The number of nitrogens with one attached hydrogen (secondary N) is 2. The minimum atomic E-state index is -0.626. The van der Waals surface area contributed by atoms with E-state index in [0.717, 1.165) is 18.7 Å². The topological polar surface area (TPSA) is 98.8 Å². The minimum absolute atomic E-state index is 0.0135. The van der Waals surface area contributed by atoms with Crippen LogP contribution in [0.15, 0.2) is 103 Å². The summed E-state index contributed by atoms with van der Waals surface area (Å²) in [5.41, 5.74) is 2.37. The van der Waals surface area contributed by atoms with Gasteiger partial charge in [0.15, 0.2) is 0 Å². The summed E-state index contributed by atoms with van der Waals surface area (Å²) in [5, 5.41) is 5.43. The van der Waals surface area contributed by atoms with Crippen molar-refractivity contribution in [2.24, 2.45) is 0 Å². The van der Waals surface area contributed by atoms with Gasteiger partial charge >= 0.3 is 0 Å². The zero-order valence-electron chi connectivity index (χ0n) is 20.4. The molecule has 0 saturated heterocycles. The molecule has 202 valence electrons. The number of hydrogen-bond donors (Lipinski definition) is 2. The molecule has 2 aliphatic heterocycles. The molecule has 0 radical (unpaired) electrons. The summed E-state index contributed by atoms with van der Waals surface area (Å²) in [5.74, 6) is -2.38. The van der Waals surface area contributed by atoms with Crippen LogP contribution in [0, 0.1) is 0 Å². The summed E-state index contributed by atoms with van der Waals surface area (Å²) < 4.78 is 1.59. The number of hydrogen-bond acceptors (Lipinski definition) is 6. The zero-order valence-corrected chi connectivity index (χ0v) is 25.1. The van der Waals surface area contributed by atoms with Crippen molar-refractivity contribution in [2.45, 2.75) is 13.1 Å². The molecule has 2 heterocycles. The van der Waals surface area contributed by atoms with Crippen molar-refractivity contribution in [1.29, 1.82) is 0 Å². The van der Waals surface area contributed by atoms with Crippen molar-refractivity contribution in [3.8, 4) is 0 Å². The maximum atomic E-state index is 13.1. The average molecular weight is 705 g/mol. The summed E-state index contributed by atoms with van der Waals surface area (Å²) in [6.45, 7) is -0.107. The molecule has 0 aromatic heterocycles. The molecule has 2 aliphatic rings. The number of rotatable bonds is 8. The molecule has 4 amide bonds. The Labute approximate surface area is 255 Å². The van der Waals surface area contributed by atoms with Crippen molar-refractivity contribution in [2.75, 3.05) is 10.6 Å². The number of nitrogens with zero attached hydrogens (tertiary/aromatic N) is 2. The summed E-state index contributed by atoms with van der Waals surface area (Å²) in [6, 6.07) is 21.1. The molecule has 2 N–H and O–H groups in total. The average Bonchev–Trinajstić information content (AvgIpc) is 3.24. The molecule has 12 heteroatoms. The SMILES string of the molecule is O=C1C(Cl)=C(Nc2cccc(Br)c2)C(=O)N1Cc1cccc(CN2C(=O)C(Cl)=C(Nc3cccc(Br)c3)C2=O)c1. The molecular formula is C28H18Br2Cl2N4O4. The predicted octanol–water partition coefficient (Wildman–Crippen LogP) is 6.07. The van der Waals surface area contributed by atoms with Gasteiger partial charge in [-0.2, -0.15) is 0 Å². The molecule has 0 fully saturated rings. The highest BCUT2D eigenvalue weighted by Crippen LogP contribution is 2.30. The second-order valence-electron chi connectivity index (χ2n) is 8.86. The quantitative estimate of drug-likeness (QED) is 0.276. The lowest BCUT2D eigenvalue weighted by Crippen LogP contribution is -2.32. The molecule has 0 bridgehead atoms. The first-order valence-corrected chi connectivity index (χ1v) is 14.1. The third kappa shape index (κ3) is 5.71. The smallest absolute Gasteiger partial charge is 0.279 e. The first-order chi connectivity index (χ1) is 19.1. The summed E-state index contributed by atoms with van der Waals surface area (Å²) in [6.07, 6.45) is 0. The normalized spacial score (nSPS) is 15.6. The van der Waals surface area contributed by atoms with E-state index in [1.807, 2.05) is 12.1 Å². The Kier molecular flexibility index (Phi) is 8.14. The Morgan fingerprint density at radius 3 is 1.38 bits per heavy atom. The van der Waals surface area contributed by atoms with E-state index in [0.29, 0.717) is 22.5 Å². The van der Waals surface area contributed by atoms with Crippen LogP contribution < -0.4 is 10.6 Å². The Balaban J connectivity index is 1.28. The Hall–Kier alpha value is -3.44. The van der Waals surface area contributed by atoms with E-state index < -0.39 is 23.6 Å². The van der Waals surface area contributed by atoms with Crippen LogP contribution in [0.4, 0.5) is 11.4 Å². The molecular weight excluding hydrogens is 687 g/mol. The Bertz CT molecular complexity index is 1540. The van der Waals surface area contributed by atoms with Crippen LogP contribution in [-0.4, -0.2) is 33.4 Å². The Morgan fingerprint density at radius 1 is 0.575 bits per heavy atom. The van der Waals surface area contributed by atoms with Gasteiger partial charge in [0, 0.05) is 20.3 Å². The number of anilines is 2. The first-order valence-electron chi connectivity index (χ1n) is 11.8. The van der Waals surface area contributed by atoms with E-state index in [2.05, 4.69) is 42.5 Å². The maximum absolute atomic E-state index is 13.1. The molecule has 0 unspecified atom stereocenters. The number of carbonyl (C=O) groups is 4. The monoisotopic (exact) mass is 702 g/mol. The highest BCUT2D eigenvalue weighted by Gasteiger charge is 2.39. The maximum Gasteiger partial charge on any atom is 0.279 e. The standard InChI is InChI=1S/C28H18Br2Cl2N4O4/c29-17-6-2-8-19(11-17)33-23-21(31)25(37)35(27(23)39)13-15-4-1-5-16(10-15)14-36-26(38)22(32)24(28(36)40)34-20-9-3-7-18(30)12-20/h1-12,33-34H,13-14H2. The third-order valence-corrected chi connectivity index (χ3v) is 7.77. The van der Waals surface area contributed by atoms with Gasteiger partial charge in [-0.15, -0.1) is 0 Å². The van der Waals surface area contributed by atoms with Gasteiger partial charge in [0.2, 0.25) is 0 Å². The van der Waals surface area contributed by atoms with Gasteiger partial charge in [0.1, 0.15) is 21.5 Å². The molecule has 8 nitrogen and oxygen atoms in total. The highest BCUT2D eigenvalue weighted by molar-refractivity contribution is 9.10. The molecule has 3 aromatic carbocycles. The van der Waals surface area contributed by atoms with Crippen LogP contribution in [0.1, 0.15) is 11.1 Å². The van der Waals surface area contributed by atoms with Crippen molar-refractivity contribution >= 4 is 90.1 Å². The number of carbonyl (C=O) groups excluding carboxylic acids is 4. The molecule has 0 saturated carbocycles. The minimum Gasteiger partial charge on any atom is -0.350 e. The third-order valence-electron chi connectivity index (χ3n) is 6.08. The molecule has 3 aromatic rings. The second-order valence-corrected chi connectivity index (χ2v) is 11.4. The summed E-state index contributed by atoms with van der Waals surface area (Å²) in [4.78, 5) is 53.9. The number of halogens is 4. The van der Waals surface area contributed by atoms with Crippen molar-refractivity contribution in [1.82, 2.24) is 9.80 Å². The fourth-order valence-corrected chi connectivity index (χ4v) is 5.47. The van der Waals surface area contributed by atoms with E-state index in [-0.39, 0.29) is 34.5 Å². The van der Waals surface area contributed by atoms with E-state index in [9.17, 15) is 19.2 Å². The number of imide groups is 2. The molecule has 0 atom stereocenters. The largest absolute Gasteiger partial charge is 0.350 e. The highest BCUT2D eigenvalue weighted by atomic mass is 79.9. The lowest BCUT2D eigenvalue weighted by atomic mass is 10.1.